The van der Waals surface area contributed by atoms with Gasteiger partial charge in [-0.3, -0.25) is 0 Å². The molecule has 1 aliphatic rings. The highest BCUT2D eigenvalue weighted by molar-refractivity contribution is 5.97. The number of pyridine rings is 1. The number of cyclic esters (lactones) is 1. The predicted molar refractivity (Wildman–Crippen MR) is 171 cm³/mol. The van der Waals surface area contributed by atoms with Crippen molar-refractivity contribution in [2.75, 3.05) is 24.6 Å². The fourth-order valence-electron chi connectivity index (χ4n) is 6.67. The zero-order valence-corrected chi connectivity index (χ0v) is 25.9. The van der Waals surface area contributed by atoms with Crippen LogP contribution in [0.15, 0.2) is 60.8 Å². The Morgan fingerprint density at radius 3 is 2.43 bits per heavy atom. The van der Waals surface area contributed by atoms with E-state index in [0.717, 1.165) is 77.2 Å². The van der Waals surface area contributed by atoms with Crippen molar-refractivity contribution in [2.45, 2.75) is 85.3 Å². The van der Waals surface area contributed by atoms with Gasteiger partial charge in [0.15, 0.2) is 11.3 Å². The number of nitrogens with zero attached hydrogens (tertiary/aromatic N) is 3. The average molecular weight is 568 g/mol. The van der Waals surface area contributed by atoms with E-state index < -0.39 is 11.6 Å². The van der Waals surface area contributed by atoms with Crippen LogP contribution in [0.4, 0.5) is 5.69 Å². The highest BCUT2D eigenvalue weighted by atomic mass is 16.6. The number of unbranched alkanes of at least 4 members (excludes halogenated alkanes) is 5. The van der Waals surface area contributed by atoms with Crippen LogP contribution in [0.2, 0.25) is 0 Å². The molecule has 1 unspecified atom stereocenters. The van der Waals surface area contributed by atoms with E-state index in [-0.39, 0.29) is 0 Å². The quantitative estimate of drug-likeness (QED) is 0.113. The zero-order chi connectivity index (χ0) is 29.7. The Balaban J connectivity index is 1.71. The molecule has 0 N–H and O–H groups in total. The first-order chi connectivity index (χ1) is 20.5. The Kier molecular flexibility index (Phi) is 9.20. The minimum Gasteiger partial charge on any atom is -0.493 e. The second-order valence-electron chi connectivity index (χ2n) is 11.2. The summed E-state index contributed by atoms with van der Waals surface area (Å²) in [6.45, 7) is 14.1. The van der Waals surface area contributed by atoms with Crippen molar-refractivity contribution >= 4 is 22.6 Å². The number of para-hydroxylation sites is 1. The fourth-order valence-corrected chi connectivity index (χ4v) is 6.67. The fraction of sp³-hybridized carbons (Fsp3) is 0.444. The first-order valence-corrected chi connectivity index (χ1v) is 15.8. The van der Waals surface area contributed by atoms with Gasteiger partial charge in [0, 0.05) is 70.9 Å². The van der Waals surface area contributed by atoms with Crippen molar-refractivity contribution in [3.05, 3.63) is 88.9 Å². The number of fused-ring (bicyclic) bond motifs is 2. The minimum absolute atomic E-state index is 0.361. The summed E-state index contributed by atoms with van der Waals surface area (Å²) in [6.07, 6.45) is 8.80. The molecule has 1 aliphatic heterocycles. The van der Waals surface area contributed by atoms with Gasteiger partial charge in [-0.25, -0.2) is 9.78 Å². The smallest absolute Gasteiger partial charge is 0.358 e. The number of benzene rings is 2. The molecule has 6 nitrogen and oxygen atoms in total. The van der Waals surface area contributed by atoms with Crippen molar-refractivity contribution < 1.29 is 14.3 Å². The van der Waals surface area contributed by atoms with Crippen LogP contribution in [0.5, 0.6) is 5.75 Å². The monoisotopic (exact) mass is 567 g/mol. The molecule has 6 heteroatoms. The lowest BCUT2D eigenvalue weighted by molar-refractivity contribution is 0.0243. The summed E-state index contributed by atoms with van der Waals surface area (Å²) in [7, 11) is 0. The summed E-state index contributed by atoms with van der Waals surface area (Å²) in [5.41, 5.74) is 5.03. The summed E-state index contributed by atoms with van der Waals surface area (Å²) < 4.78 is 15.6. The molecule has 0 fully saturated rings. The maximum atomic E-state index is 13.6. The lowest BCUT2D eigenvalue weighted by Gasteiger charge is -2.33. The Bertz CT molecular complexity index is 1540. The number of hydrogen-bond acceptors (Lipinski definition) is 5. The van der Waals surface area contributed by atoms with Gasteiger partial charge in [-0.15, -0.1) is 0 Å². The highest BCUT2D eigenvalue weighted by Crippen LogP contribution is 2.53. The van der Waals surface area contributed by atoms with E-state index in [4.69, 9.17) is 9.47 Å². The molecular weight excluding hydrogens is 522 g/mol. The van der Waals surface area contributed by atoms with E-state index in [1.165, 1.54) is 25.7 Å². The first-order valence-electron chi connectivity index (χ1n) is 15.8. The van der Waals surface area contributed by atoms with Gasteiger partial charge in [0.05, 0.1) is 6.61 Å². The van der Waals surface area contributed by atoms with E-state index in [9.17, 15) is 4.79 Å². The topological polar surface area (TPSA) is 56.6 Å². The van der Waals surface area contributed by atoms with Crippen molar-refractivity contribution in [3.8, 4) is 5.75 Å². The molecule has 0 spiro atoms. The molecule has 0 saturated carbocycles. The number of carbonyl (C=O) groups excluding carboxylic acids is 1. The molecule has 4 aromatic rings. The van der Waals surface area contributed by atoms with Gasteiger partial charge >= 0.3 is 5.97 Å². The van der Waals surface area contributed by atoms with Crippen LogP contribution in [0, 0.1) is 6.92 Å². The van der Waals surface area contributed by atoms with Gasteiger partial charge in [0.1, 0.15) is 5.75 Å². The maximum absolute atomic E-state index is 13.6. The SMILES string of the molecule is CCCCCCCCOc1cc(N(CC)CC)ccc1C1(c2c(C)n(CC)c3ccccc23)OC(=O)c2ncccc21. The lowest BCUT2D eigenvalue weighted by Crippen LogP contribution is -2.31. The molecular formula is C36H45N3O3. The standard InChI is InChI=1S/C36H45N3O3/c1-6-10-11-12-13-16-24-41-32-25-27(38(7-2)8-3)21-22-29(32)36(30-19-17-23-37-34(30)35(40)42-36)33-26(5)39(9-4)31-20-15-14-18-28(31)33/h14-15,17-23,25H,6-13,16,24H2,1-5H3. The third kappa shape index (κ3) is 5.16. The Morgan fingerprint density at radius 2 is 1.67 bits per heavy atom. The molecule has 0 bridgehead atoms. The Hall–Kier alpha value is -3.80. The number of aryl methyl sites for hydroxylation is 1. The van der Waals surface area contributed by atoms with Gasteiger partial charge in [0.2, 0.25) is 0 Å². The lowest BCUT2D eigenvalue weighted by atomic mass is 9.78. The van der Waals surface area contributed by atoms with Crippen LogP contribution in [-0.2, 0) is 16.9 Å². The molecule has 3 heterocycles. The maximum Gasteiger partial charge on any atom is 0.358 e. The first kappa shape index (κ1) is 29.7. The van der Waals surface area contributed by atoms with Crippen LogP contribution in [-0.4, -0.2) is 35.2 Å². The number of ether oxygens (including phenoxy) is 2. The van der Waals surface area contributed by atoms with Crippen LogP contribution in [0.25, 0.3) is 10.9 Å². The van der Waals surface area contributed by atoms with E-state index >= 15 is 0 Å². The average Bonchev–Trinajstić information content (AvgIpc) is 3.47. The van der Waals surface area contributed by atoms with Gasteiger partial charge in [-0.1, -0.05) is 63.3 Å². The molecule has 5 rings (SSSR count). The van der Waals surface area contributed by atoms with Crippen LogP contribution < -0.4 is 9.64 Å². The number of carbonyl (C=O) groups is 1. The van der Waals surface area contributed by atoms with E-state index in [0.29, 0.717) is 12.3 Å². The molecule has 1 atom stereocenters. The van der Waals surface area contributed by atoms with Crippen molar-refractivity contribution in [2.24, 2.45) is 0 Å². The largest absolute Gasteiger partial charge is 0.493 e. The third-order valence-corrected chi connectivity index (χ3v) is 8.75. The number of hydrogen-bond donors (Lipinski definition) is 0. The molecule has 2 aromatic heterocycles. The highest BCUT2D eigenvalue weighted by Gasteiger charge is 2.53. The summed E-state index contributed by atoms with van der Waals surface area (Å²) in [4.78, 5) is 20.4. The normalized spacial score (nSPS) is 16.1. The van der Waals surface area contributed by atoms with Gasteiger partial charge in [-0.2, -0.15) is 0 Å². The van der Waals surface area contributed by atoms with Crippen molar-refractivity contribution in [1.82, 2.24) is 9.55 Å². The van der Waals surface area contributed by atoms with Gasteiger partial charge in [0.25, 0.3) is 0 Å². The molecule has 0 radical (unpaired) electrons. The number of rotatable bonds is 14. The molecule has 2 aromatic carbocycles. The second kappa shape index (κ2) is 13.0. The van der Waals surface area contributed by atoms with Crippen LogP contribution in [0.1, 0.15) is 99.1 Å². The van der Waals surface area contributed by atoms with Gasteiger partial charge in [-0.05, 0) is 58.4 Å². The third-order valence-electron chi connectivity index (χ3n) is 8.75. The molecule has 0 saturated heterocycles. The molecule has 0 amide bonds. The molecule has 42 heavy (non-hydrogen) atoms. The predicted octanol–water partition coefficient (Wildman–Crippen LogP) is 8.41. The number of esters is 1. The number of anilines is 1. The van der Waals surface area contributed by atoms with Gasteiger partial charge < -0.3 is 18.9 Å². The van der Waals surface area contributed by atoms with Crippen LogP contribution >= 0.6 is 0 Å². The summed E-state index contributed by atoms with van der Waals surface area (Å²) in [6, 6.07) is 18.7. The second-order valence-corrected chi connectivity index (χ2v) is 11.2. The minimum atomic E-state index is -1.19. The van der Waals surface area contributed by atoms with Crippen LogP contribution in [0.3, 0.4) is 0 Å². The van der Waals surface area contributed by atoms with E-state index in [2.05, 4.69) is 91.5 Å². The Morgan fingerprint density at radius 1 is 0.905 bits per heavy atom. The van der Waals surface area contributed by atoms with E-state index in [1.54, 1.807) is 6.20 Å². The van der Waals surface area contributed by atoms with E-state index in [1.807, 2.05) is 12.1 Å². The Labute approximate surface area is 250 Å². The zero-order valence-electron chi connectivity index (χ0n) is 25.9. The molecule has 222 valence electrons. The number of aromatic nitrogens is 2. The summed E-state index contributed by atoms with van der Waals surface area (Å²) in [5.74, 6) is 0.346. The van der Waals surface area contributed by atoms with Crippen molar-refractivity contribution in [3.63, 3.8) is 0 Å². The van der Waals surface area contributed by atoms with Crippen molar-refractivity contribution in [1.29, 1.82) is 0 Å². The molecule has 0 aliphatic carbocycles. The summed E-state index contributed by atoms with van der Waals surface area (Å²) >= 11 is 0. The summed E-state index contributed by atoms with van der Waals surface area (Å²) in [5, 5.41) is 1.07.